The molecule has 0 radical (unpaired) electrons. The van der Waals surface area contributed by atoms with E-state index in [1.807, 2.05) is 11.9 Å². The number of rotatable bonds is 7. The highest BCUT2D eigenvalue weighted by Crippen LogP contribution is 2.26. The van der Waals surface area contributed by atoms with Gasteiger partial charge in [-0.3, -0.25) is 0 Å². The summed E-state index contributed by atoms with van der Waals surface area (Å²) in [6, 6.07) is 8.56. The zero-order chi connectivity index (χ0) is 24.3. The van der Waals surface area contributed by atoms with E-state index in [1.54, 1.807) is 12.1 Å². The highest BCUT2D eigenvalue weighted by Gasteiger charge is 2.22. The van der Waals surface area contributed by atoms with Gasteiger partial charge in [0.15, 0.2) is 9.84 Å². The van der Waals surface area contributed by atoms with Crippen LogP contribution >= 0.6 is 0 Å². The van der Waals surface area contributed by atoms with E-state index in [0.717, 1.165) is 50.6 Å². The molecule has 2 aromatic heterocycles. The number of pyridine rings is 1. The molecule has 0 amide bonds. The maximum absolute atomic E-state index is 14.4. The summed E-state index contributed by atoms with van der Waals surface area (Å²) in [5, 5.41) is 2.89. The fourth-order valence-electron chi connectivity index (χ4n) is 3.97. The SMILES string of the molecule is CN(CC1CCN(c2ccc(F)cn2)CC1)c1cc(Nc2ccc(S(C)(=O)=O)cc2F)ncn1. The van der Waals surface area contributed by atoms with Crippen LogP contribution in [0, 0.1) is 17.6 Å². The van der Waals surface area contributed by atoms with Crippen molar-refractivity contribution in [3.05, 3.63) is 60.6 Å². The normalized spacial score (nSPS) is 14.8. The van der Waals surface area contributed by atoms with Crippen LogP contribution in [0.1, 0.15) is 12.8 Å². The molecule has 0 saturated carbocycles. The molecule has 0 bridgehead atoms. The minimum Gasteiger partial charge on any atom is -0.359 e. The molecule has 34 heavy (non-hydrogen) atoms. The molecule has 0 atom stereocenters. The molecule has 3 aromatic rings. The third-order valence-electron chi connectivity index (χ3n) is 5.86. The van der Waals surface area contributed by atoms with Gasteiger partial charge < -0.3 is 15.1 Å². The fraction of sp³-hybridized carbons (Fsp3) is 0.348. The number of nitrogens with one attached hydrogen (secondary N) is 1. The lowest BCUT2D eigenvalue weighted by atomic mass is 9.96. The molecule has 8 nitrogen and oxygen atoms in total. The number of aromatic nitrogens is 3. The first-order valence-corrected chi connectivity index (χ1v) is 12.7. The van der Waals surface area contributed by atoms with Gasteiger partial charge in [-0.25, -0.2) is 32.2 Å². The lowest BCUT2D eigenvalue weighted by Gasteiger charge is -2.34. The van der Waals surface area contributed by atoms with E-state index in [1.165, 1.54) is 30.7 Å². The van der Waals surface area contributed by atoms with Crippen LogP contribution in [0.5, 0.6) is 0 Å². The molecule has 4 rings (SSSR count). The predicted octanol–water partition coefficient (Wildman–Crippen LogP) is 3.65. The lowest BCUT2D eigenvalue weighted by Crippen LogP contribution is -2.38. The quantitative estimate of drug-likeness (QED) is 0.539. The number of sulfone groups is 1. The summed E-state index contributed by atoms with van der Waals surface area (Å²) in [5.41, 5.74) is 0.126. The molecule has 1 aliphatic heterocycles. The topological polar surface area (TPSA) is 91.3 Å². The van der Waals surface area contributed by atoms with Crippen LogP contribution < -0.4 is 15.1 Å². The molecule has 1 aliphatic rings. The molecule has 3 heterocycles. The Balaban J connectivity index is 1.36. The highest BCUT2D eigenvalue weighted by atomic mass is 32.2. The number of hydrogen-bond acceptors (Lipinski definition) is 8. The van der Waals surface area contributed by atoms with Crippen molar-refractivity contribution in [1.29, 1.82) is 0 Å². The van der Waals surface area contributed by atoms with Gasteiger partial charge in [-0.05, 0) is 49.1 Å². The second kappa shape index (κ2) is 9.88. The van der Waals surface area contributed by atoms with Crippen LogP contribution in [0.25, 0.3) is 0 Å². The Labute approximate surface area is 197 Å². The van der Waals surface area contributed by atoms with Crippen LogP contribution in [0.15, 0.2) is 53.8 Å². The van der Waals surface area contributed by atoms with Crippen molar-refractivity contribution in [2.45, 2.75) is 17.7 Å². The predicted molar refractivity (Wildman–Crippen MR) is 127 cm³/mol. The average molecular weight is 489 g/mol. The molecule has 1 fully saturated rings. The van der Waals surface area contributed by atoms with Gasteiger partial charge in [-0.2, -0.15) is 0 Å². The Hall–Kier alpha value is -3.34. The number of hydrogen-bond donors (Lipinski definition) is 1. The Kier molecular flexibility index (Phi) is 6.92. The number of halogens is 2. The van der Waals surface area contributed by atoms with Crippen LogP contribution in [0.4, 0.5) is 31.9 Å². The second-order valence-corrected chi connectivity index (χ2v) is 10.5. The van der Waals surface area contributed by atoms with Gasteiger partial charge in [-0.15, -0.1) is 0 Å². The molecule has 11 heteroatoms. The summed E-state index contributed by atoms with van der Waals surface area (Å²) in [6.45, 7) is 2.48. The third kappa shape index (κ3) is 5.77. The van der Waals surface area contributed by atoms with Gasteiger partial charge >= 0.3 is 0 Å². The summed E-state index contributed by atoms with van der Waals surface area (Å²) in [7, 11) is -1.54. The van der Waals surface area contributed by atoms with E-state index >= 15 is 0 Å². The van der Waals surface area contributed by atoms with E-state index in [2.05, 4.69) is 25.2 Å². The van der Waals surface area contributed by atoms with Crippen molar-refractivity contribution in [3.8, 4) is 0 Å². The van der Waals surface area contributed by atoms with Gasteiger partial charge in [0.1, 0.15) is 35.4 Å². The molecule has 1 aromatic carbocycles. The van der Waals surface area contributed by atoms with Crippen LogP contribution in [0.3, 0.4) is 0 Å². The number of benzene rings is 1. The third-order valence-corrected chi connectivity index (χ3v) is 6.97. The van der Waals surface area contributed by atoms with Gasteiger partial charge in [0.2, 0.25) is 0 Å². The van der Waals surface area contributed by atoms with Crippen molar-refractivity contribution in [2.75, 3.05) is 48.1 Å². The maximum atomic E-state index is 14.4. The molecule has 0 aliphatic carbocycles. The first-order valence-electron chi connectivity index (χ1n) is 10.9. The largest absolute Gasteiger partial charge is 0.359 e. The monoisotopic (exact) mass is 488 g/mol. The zero-order valence-electron chi connectivity index (χ0n) is 18.9. The molecule has 0 unspecified atom stereocenters. The maximum Gasteiger partial charge on any atom is 0.175 e. The Morgan fingerprint density at radius 3 is 2.50 bits per heavy atom. The van der Waals surface area contributed by atoms with Crippen molar-refractivity contribution >= 4 is 33.0 Å². The van der Waals surface area contributed by atoms with Gasteiger partial charge in [0.25, 0.3) is 0 Å². The summed E-state index contributed by atoms with van der Waals surface area (Å²) >= 11 is 0. The molecular formula is C23H26F2N6O2S. The van der Waals surface area contributed by atoms with Crippen LogP contribution in [0.2, 0.25) is 0 Å². The van der Waals surface area contributed by atoms with Crippen LogP contribution in [-0.4, -0.2) is 56.3 Å². The van der Waals surface area contributed by atoms with E-state index in [0.29, 0.717) is 17.6 Å². The van der Waals surface area contributed by atoms with Gasteiger partial charge in [0, 0.05) is 39.0 Å². The Morgan fingerprint density at radius 1 is 1.09 bits per heavy atom. The summed E-state index contributed by atoms with van der Waals surface area (Å²) in [6.07, 6.45) is 5.61. The summed E-state index contributed by atoms with van der Waals surface area (Å²) in [4.78, 5) is 16.8. The smallest absolute Gasteiger partial charge is 0.175 e. The van der Waals surface area contributed by atoms with Crippen molar-refractivity contribution in [3.63, 3.8) is 0 Å². The molecule has 180 valence electrons. The zero-order valence-corrected chi connectivity index (χ0v) is 19.8. The highest BCUT2D eigenvalue weighted by molar-refractivity contribution is 7.90. The minimum atomic E-state index is -3.49. The van der Waals surface area contributed by atoms with Crippen molar-refractivity contribution in [1.82, 2.24) is 15.0 Å². The number of piperidine rings is 1. The fourth-order valence-corrected chi connectivity index (χ4v) is 4.60. The standard InChI is InChI=1S/C23H26F2N6O2S/c1-30(14-16-7-9-31(10-8-16)22-6-3-17(24)13-26-22)23-12-21(27-15-28-23)29-20-5-4-18(11-19(20)25)34(2,32)33/h3-6,11-13,15-16H,7-10,14H2,1-2H3,(H,27,28,29). The first-order chi connectivity index (χ1) is 16.2. The summed E-state index contributed by atoms with van der Waals surface area (Å²) in [5.74, 6) is 1.31. The Bertz CT molecular complexity index is 1250. The van der Waals surface area contributed by atoms with E-state index in [-0.39, 0.29) is 16.4 Å². The van der Waals surface area contributed by atoms with Crippen LogP contribution in [-0.2, 0) is 9.84 Å². The Morgan fingerprint density at radius 2 is 1.85 bits per heavy atom. The van der Waals surface area contributed by atoms with Crippen molar-refractivity contribution in [2.24, 2.45) is 5.92 Å². The summed E-state index contributed by atoms with van der Waals surface area (Å²) < 4.78 is 50.7. The lowest BCUT2D eigenvalue weighted by molar-refractivity contribution is 0.406. The molecule has 1 N–H and O–H groups in total. The van der Waals surface area contributed by atoms with E-state index in [9.17, 15) is 17.2 Å². The number of nitrogens with zero attached hydrogens (tertiary/aromatic N) is 5. The van der Waals surface area contributed by atoms with Gasteiger partial charge in [-0.1, -0.05) is 0 Å². The number of anilines is 4. The average Bonchev–Trinajstić information content (AvgIpc) is 2.81. The van der Waals surface area contributed by atoms with Crippen molar-refractivity contribution < 1.29 is 17.2 Å². The van der Waals surface area contributed by atoms with E-state index in [4.69, 9.17) is 0 Å². The van der Waals surface area contributed by atoms with E-state index < -0.39 is 15.7 Å². The second-order valence-electron chi connectivity index (χ2n) is 8.45. The minimum absolute atomic E-state index is 0.0834. The molecular weight excluding hydrogens is 462 g/mol. The molecule has 0 spiro atoms. The van der Waals surface area contributed by atoms with Gasteiger partial charge in [0.05, 0.1) is 16.8 Å². The molecule has 1 saturated heterocycles. The first kappa shape index (κ1) is 23.8.